The van der Waals surface area contributed by atoms with E-state index in [2.05, 4.69) is 37.0 Å². The van der Waals surface area contributed by atoms with Crippen LogP contribution >= 0.6 is 11.3 Å². The van der Waals surface area contributed by atoms with Crippen molar-refractivity contribution < 1.29 is 4.79 Å². The summed E-state index contributed by atoms with van der Waals surface area (Å²) in [6, 6.07) is 8.74. The number of thiazole rings is 1. The fraction of sp³-hybridized carbons (Fsp3) is 0.444. The molecular formula is C18H23N3OS. The van der Waals surface area contributed by atoms with Gasteiger partial charge in [-0.05, 0) is 32.8 Å². The Morgan fingerprint density at radius 1 is 1.48 bits per heavy atom. The van der Waals surface area contributed by atoms with E-state index in [9.17, 15) is 4.79 Å². The van der Waals surface area contributed by atoms with Gasteiger partial charge < -0.3 is 10.6 Å². The first-order chi connectivity index (χ1) is 11.0. The van der Waals surface area contributed by atoms with Crippen LogP contribution in [0, 0.1) is 6.92 Å². The molecule has 0 bridgehead atoms. The molecule has 1 aliphatic rings. The lowest BCUT2D eigenvalue weighted by molar-refractivity contribution is -0.133. The van der Waals surface area contributed by atoms with Gasteiger partial charge in [-0.15, -0.1) is 11.3 Å². The third kappa shape index (κ3) is 3.79. The van der Waals surface area contributed by atoms with Crippen molar-refractivity contribution in [1.29, 1.82) is 0 Å². The van der Waals surface area contributed by atoms with E-state index in [4.69, 9.17) is 5.73 Å². The van der Waals surface area contributed by atoms with Gasteiger partial charge in [0, 0.05) is 29.6 Å². The lowest BCUT2D eigenvalue weighted by Gasteiger charge is -2.36. The minimum absolute atomic E-state index is 0.158. The van der Waals surface area contributed by atoms with Crippen LogP contribution in [0.2, 0.25) is 0 Å². The SMILES string of the molecule is Cc1cccc(-c2nc(CC(=O)N3CC[C@H](N)C[C@H]3C)cs2)c1. The Kier molecular flexibility index (Phi) is 4.78. The van der Waals surface area contributed by atoms with Crippen molar-refractivity contribution in [2.24, 2.45) is 5.73 Å². The topological polar surface area (TPSA) is 59.2 Å². The highest BCUT2D eigenvalue weighted by atomic mass is 32.1. The number of hydrogen-bond acceptors (Lipinski definition) is 4. The average Bonchev–Trinajstić information content (AvgIpc) is 2.95. The van der Waals surface area contributed by atoms with Crippen LogP contribution in [0.25, 0.3) is 10.6 Å². The van der Waals surface area contributed by atoms with Crippen LogP contribution in [-0.2, 0) is 11.2 Å². The summed E-state index contributed by atoms with van der Waals surface area (Å²) in [5, 5.41) is 2.97. The van der Waals surface area contributed by atoms with Gasteiger partial charge in [-0.2, -0.15) is 0 Å². The number of nitrogens with zero attached hydrogens (tertiary/aromatic N) is 2. The van der Waals surface area contributed by atoms with E-state index < -0.39 is 0 Å². The summed E-state index contributed by atoms with van der Waals surface area (Å²) in [7, 11) is 0. The summed E-state index contributed by atoms with van der Waals surface area (Å²) < 4.78 is 0. The van der Waals surface area contributed by atoms with Crippen LogP contribution < -0.4 is 5.73 Å². The van der Waals surface area contributed by atoms with Crippen LogP contribution in [0.5, 0.6) is 0 Å². The van der Waals surface area contributed by atoms with Gasteiger partial charge in [-0.3, -0.25) is 4.79 Å². The Labute approximate surface area is 141 Å². The fourth-order valence-corrected chi connectivity index (χ4v) is 3.95. The quantitative estimate of drug-likeness (QED) is 0.942. The van der Waals surface area contributed by atoms with Crippen LogP contribution in [0.4, 0.5) is 0 Å². The molecule has 1 aromatic heterocycles. The van der Waals surface area contributed by atoms with Crippen LogP contribution in [0.15, 0.2) is 29.6 Å². The van der Waals surface area contributed by atoms with Crippen molar-refractivity contribution >= 4 is 17.2 Å². The van der Waals surface area contributed by atoms with Gasteiger partial charge in [-0.1, -0.05) is 23.8 Å². The fourth-order valence-electron chi connectivity index (χ4n) is 3.13. The number of benzene rings is 1. The molecule has 1 fully saturated rings. The maximum absolute atomic E-state index is 12.5. The molecule has 3 rings (SSSR count). The van der Waals surface area contributed by atoms with Crippen molar-refractivity contribution in [1.82, 2.24) is 9.88 Å². The Morgan fingerprint density at radius 2 is 2.30 bits per heavy atom. The molecule has 0 aliphatic carbocycles. The third-order valence-corrected chi connectivity index (χ3v) is 5.33. The number of carbonyl (C=O) groups is 1. The molecule has 0 spiro atoms. The zero-order valence-electron chi connectivity index (χ0n) is 13.7. The number of amides is 1. The van der Waals surface area contributed by atoms with Gasteiger partial charge in [0.2, 0.25) is 5.91 Å². The largest absolute Gasteiger partial charge is 0.340 e. The van der Waals surface area contributed by atoms with Crippen molar-refractivity contribution in [3.8, 4) is 10.6 Å². The number of rotatable bonds is 3. The number of piperidine rings is 1. The lowest BCUT2D eigenvalue weighted by Crippen LogP contribution is -2.48. The number of aromatic nitrogens is 1. The number of aryl methyl sites for hydroxylation is 1. The molecule has 1 saturated heterocycles. The highest BCUT2D eigenvalue weighted by molar-refractivity contribution is 7.13. The monoisotopic (exact) mass is 329 g/mol. The van der Waals surface area contributed by atoms with E-state index in [1.807, 2.05) is 16.3 Å². The minimum Gasteiger partial charge on any atom is -0.340 e. The lowest BCUT2D eigenvalue weighted by atomic mass is 9.98. The third-order valence-electron chi connectivity index (χ3n) is 4.39. The van der Waals surface area contributed by atoms with Crippen molar-refractivity contribution in [2.75, 3.05) is 6.54 Å². The van der Waals surface area contributed by atoms with E-state index >= 15 is 0 Å². The maximum atomic E-state index is 12.5. The Bertz CT molecular complexity index is 697. The molecule has 2 heterocycles. The minimum atomic E-state index is 0.158. The molecular weight excluding hydrogens is 306 g/mol. The number of nitrogens with two attached hydrogens (primary N) is 1. The molecule has 2 N–H and O–H groups in total. The first kappa shape index (κ1) is 16.1. The second kappa shape index (κ2) is 6.81. The van der Waals surface area contributed by atoms with Crippen LogP contribution in [0.1, 0.15) is 31.0 Å². The van der Waals surface area contributed by atoms with Gasteiger partial charge in [-0.25, -0.2) is 4.98 Å². The molecule has 2 aromatic rings. The maximum Gasteiger partial charge on any atom is 0.228 e. The summed E-state index contributed by atoms with van der Waals surface area (Å²) in [6.07, 6.45) is 2.15. The normalized spacial score (nSPS) is 21.4. The molecule has 23 heavy (non-hydrogen) atoms. The molecule has 0 unspecified atom stereocenters. The Balaban J connectivity index is 1.68. The van der Waals surface area contributed by atoms with E-state index in [1.54, 1.807) is 11.3 Å². The van der Waals surface area contributed by atoms with Crippen molar-refractivity contribution in [3.63, 3.8) is 0 Å². The second-order valence-corrected chi connectivity index (χ2v) is 7.27. The highest BCUT2D eigenvalue weighted by Gasteiger charge is 2.27. The van der Waals surface area contributed by atoms with Gasteiger partial charge >= 0.3 is 0 Å². The Morgan fingerprint density at radius 3 is 3.04 bits per heavy atom. The predicted octanol–water partition coefficient (Wildman–Crippen LogP) is 3.00. The summed E-state index contributed by atoms with van der Waals surface area (Å²) in [4.78, 5) is 19.1. The average molecular weight is 329 g/mol. The van der Waals surface area contributed by atoms with Gasteiger partial charge in [0.05, 0.1) is 12.1 Å². The Hall–Kier alpha value is -1.72. The van der Waals surface area contributed by atoms with Gasteiger partial charge in [0.15, 0.2) is 0 Å². The molecule has 1 amide bonds. The van der Waals surface area contributed by atoms with Crippen LogP contribution in [-0.4, -0.2) is 34.4 Å². The second-order valence-electron chi connectivity index (χ2n) is 6.41. The number of likely N-dealkylation sites (tertiary alicyclic amines) is 1. The molecule has 1 aromatic carbocycles. The summed E-state index contributed by atoms with van der Waals surface area (Å²) in [5.74, 6) is 0.158. The first-order valence-corrected chi connectivity index (χ1v) is 8.97. The zero-order chi connectivity index (χ0) is 16.4. The van der Waals surface area contributed by atoms with E-state index in [-0.39, 0.29) is 18.0 Å². The number of hydrogen-bond donors (Lipinski definition) is 1. The molecule has 2 atom stereocenters. The van der Waals surface area contributed by atoms with Crippen LogP contribution in [0.3, 0.4) is 0 Å². The molecule has 1 aliphatic heterocycles. The molecule has 0 radical (unpaired) electrons. The van der Waals surface area contributed by atoms with E-state index in [0.717, 1.165) is 35.7 Å². The van der Waals surface area contributed by atoms with Crippen molar-refractivity contribution in [3.05, 3.63) is 40.9 Å². The summed E-state index contributed by atoms with van der Waals surface area (Å²) in [6.45, 7) is 4.91. The summed E-state index contributed by atoms with van der Waals surface area (Å²) >= 11 is 1.60. The number of carbonyl (C=O) groups excluding carboxylic acids is 1. The van der Waals surface area contributed by atoms with E-state index in [1.165, 1.54) is 5.56 Å². The van der Waals surface area contributed by atoms with Gasteiger partial charge in [0.1, 0.15) is 5.01 Å². The predicted molar refractivity (Wildman–Crippen MR) is 94.4 cm³/mol. The molecule has 122 valence electrons. The van der Waals surface area contributed by atoms with E-state index in [0.29, 0.717) is 6.42 Å². The molecule has 5 heteroatoms. The highest BCUT2D eigenvalue weighted by Crippen LogP contribution is 2.25. The first-order valence-electron chi connectivity index (χ1n) is 8.09. The zero-order valence-corrected chi connectivity index (χ0v) is 14.5. The molecule has 0 saturated carbocycles. The standard InChI is InChI=1S/C18H23N3OS/c1-12-4-3-5-14(8-12)18-20-16(11-23-18)10-17(22)21-7-6-15(19)9-13(21)2/h3-5,8,11,13,15H,6-7,9-10,19H2,1-2H3/t13-,15+/m1/s1. The smallest absolute Gasteiger partial charge is 0.228 e. The van der Waals surface area contributed by atoms with Crippen molar-refractivity contribution in [2.45, 2.75) is 45.2 Å². The molecule has 4 nitrogen and oxygen atoms in total. The van der Waals surface area contributed by atoms with Gasteiger partial charge in [0.25, 0.3) is 0 Å². The summed E-state index contributed by atoms with van der Waals surface area (Å²) in [5.41, 5.74) is 9.16.